The lowest BCUT2D eigenvalue weighted by atomic mass is 9.91. The van der Waals surface area contributed by atoms with Crippen molar-refractivity contribution in [1.82, 2.24) is 0 Å². The predicted molar refractivity (Wildman–Crippen MR) is 110 cm³/mol. The van der Waals surface area contributed by atoms with E-state index in [2.05, 4.69) is 44.2 Å². The van der Waals surface area contributed by atoms with Crippen molar-refractivity contribution in [3.8, 4) is 16.9 Å². The lowest BCUT2D eigenvalue weighted by Gasteiger charge is -2.24. The van der Waals surface area contributed by atoms with Crippen molar-refractivity contribution in [3.63, 3.8) is 0 Å². The fraction of sp³-hybridized carbons (Fsp3) is 0.478. The molecule has 0 amide bonds. The Hall–Kier alpha value is -1.81. The van der Waals surface area contributed by atoms with Crippen LogP contribution in [0.2, 0.25) is 0 Å². The Morgan fingerprint density at radius 2 is 1.78 bits per heavy atom. The van der Waals surface area contributed by atoms with E-state index in [1.165, 1.54) is 33.4 Å². The summed E-state index contributed by atoms with van der Waals surface area (Å²) in [5, 5.41) is 0. The van der Waals surface area contributed by atoms with Gasteiger partial charge in [0, 0.05) is 0 Å². The van der Waals surface area contributed by atoms with E-state index < -0.39 is 9.84 Å². The Kier molecular flexibility index (Phi) is 5.02. The first-order chi connectivity index (χ1) is 12.9. The van der Waals surface area contributed by atoms with Crippen LogP contribution in [-0.2, 0) is 29.1 Å². The first-order valence-electron chi connectivity index (χ1n) is 10.1. The number of benzene rings is 2. The molecule has 144 valence electrons. The van der Waals surface area contributed by atoms with Gasteiger partial charge in [-0.25, -0.2) is 8.42 Å². The molecule has 0 saturated carbocycles. The van der Waals surface area contributed by atoms with Gasteiger partial charge >= 0.3 is 0 Å². The molecular formula is C23H28O3S. The summed E-state index contributed by atoms with van der Waals surface area (Å²) >= 11 is 0. The maximum atomic E-state index is 11.6. The largest absolute Gasteiger partial charge is 0.490 e. The van der Waals surface area contributed by atoms with Crippen LogP contribution in [0.3, 0.4) is 0 Å². The van der Waals surface area contributed by atoms with E-state index in [0.717, 1.165) is 31.4 Å². The lowest BCUT2D eigenvalue weighted by molar-refractivity contribution is 0.189. The number of aryl methyl sites for hydroxylation is 4. The highest BCUT2D eigenvalue weighted by Crippen LogP contribution is 2.38. The summed E-state index contributed by atoms with van der Waals surface area (Å²) in [4.78, 5) is 0. The average molecular weight is 385 g/mol. The number of fused-ring (bicyclic) bond motifs is 3. The number of sulfone groups is 1. The fourth-order valence-electron chi connectivity index (χ4n) is 4.42. The molecule has 1 aliphatic carbocycles. The van der Waals surface area contributed by atoms with Crippen molar-refractivity contribution >= 4 is 9.84 Å². The minimum Gasteiger partial charge on any atom is -0.490 e. The van der Waals surface area contributed by atoms with E-state index in [4.69, 9.17) is 4.74 Å². The molecule has 0 N–H and O–H groups in total. The normalized spacial score (nSPS) is 19.0. The van der Waals surface area contributed by atoms with E-state index in [-0.39, 0.29) is 17.6 Å². The molecule has 4 heteroatoms. The second kappa shape index (κ2) is 7.31. The Morgan fingerprint density at radius 1 is 1.04 bits per heavy atom. The van der Waals surface area contributed by atoms with Crippen molar-refractivity contribution in [2.45, 2.75) is 58.5 Å². The minimum atomic E-state index is -2.86. The average Bonchev–Trinajstić information content (AvgIpc) is 2.82. The molecule has 4 rings (SSSR count). The van der Waals surface area contributed by atoms with Crippen LogP contribution in [0.5, 0.6) is 5.75 Å². The number of hydrogen-bond acceptors (Lipinski definition) is 3. The van der Waals surface area contributed by atoms with E-state index >= 15 is 0 Å². The van der Waals surface area contributed by atoms with Crippen LogP contribution in [-0.4, -0.2) is 26.0 Å². The van der Waals surface area contributed by atoms with E-state index in [9.17, 15) is 8.42 Å². The highest BCUT2D eigenvalue weighted by Gasteiger charge is 2.25. The van der Waals surface area contributed by atoms with E-state index in [1.807, 2.05) is 0 Å². The third-order valence-electron chi connectivity index (χ3n) is 5.94. The molecule has 1 heterocycles. The number of rotatable bonds is 3. The smallest absolute Gasteiger partial charge is 0.150 e. The van der Waals surface area contributed by atoms with Gasteiger partial charge in [0.1, 0.15) is 11.9 Å². The van der Waals surface area contributed by atoms with Gasteiger partial charge < -0.3 is 4.74 Å². The van der Waals surface area contributed by atoms with Gasteiger partial charge in [0.15, 0.2) is 9.84 Å². The van der Waals surface area contributed by atoms with Crippen LogP contribution in [0.4, 0.5) is 0 Å². The third-order valence-corrected chi connectivity index (χ3v) is 7.65. The summed E-state index contributed by atoms with van der Waals surface area (Å²) in [6, 6.07) is 11.2. The molecule has 0 bridgehead atoms. The van der Waals surface area contributed by atoms with E-state index in [1.54, 1.807) is 0 Å². The van der Waals surface area contributed by atoms with Crippen molar-refractivity contribution in [2.24, 2.45) is 0 Å². The fourth-order valence-corrected chi connectivity index (χ4v) is 5.87. The van der Waals surface area contributed by atoms with E-state index in [0.29, 0.717) is 12.8 Å². The van der Waals surface area contributed by atoms with Gasteiger partial charge in [0.2, 0.25) is 0 Å². The second-order valence-electron chi connectivity index (χ2n) is 7.94. The Morgan fingerprint density at radius 3 is 2.52 bits per heavy atom. The monoisotopic (exact) mass is 384 g/mol. The van der Waals surface area contributed by atoms with Gasteiger partial charge in [-0.15, -0.1) is 0 Å². The summed E-state index contributed by atoms with van der Waals surface area (Å²) in [5.41, 5.74) is 8.19. The first-order valence-corrected chi connectivity index (χ1v) is 11.9. The van der Waals surface area contributed by atoms with Gasteiger partial charge in [-0.1, -0.05) is 25.1 Å². The van der Waals surface area contributed by atoms with Gasteiger partial charge in [0.25, 0.3) is 0 Å². The van der Waals surface area contributed by atoms with Crippen LogP contribution < -0.4 is 4.74 Å². The van der Waals surface area contributed by atoms with Crippen molar-refractivity contribution < 1.29 is 13.2 Å². The van der Waals surface area contributed by atoms with Gasteiger partial charge in [-0.3, -0.25) is 0 Å². The Balaban J connectivity index is 1.66. The first kappa shape index (κ1) is 18.5. The van der Waals surface area contributed by atoms with Crippen LogP contribution in [0.25, 0.3) is 11.1 Å². The molecule has 3 nitrogen and oxygen atoms in total. The van der Waals surface area contributed by atoms with Crippen LogP contribution in [0.15, 0.2) is 30.3 Å². The molecule has 1 fully saturated rings. The van der Waals surface area contributed by atoms with Crippen LogP contribution in [0, 0.1) is 6.92 Å². The summed E-state index contributed by atoms with van der Waals surface area (Å²) in [7, 11) is -2.86. The molecule has 0 radical (unpaired) electrons. The molecule has 2 aromatic rings. The lowest BCUT2D eigenvalue weighted by Crippen LogP contribution is -2.30. The molecule has 0 spiro atoms. The van der Waals surface area contributed by atoms with Crippen molar-refractivity contribution in [2.75, 3.05) is 11.5 Å². The van der Waals surface area contributed by atoms with Crippen LogP contribution >= 0.6 is 0 Å². The number of ether oxygens (including phenoxy) is 1. The molecule has 2 aromatic carbocycles. The molecule has 1 aliphatic heterocycles. The highest BCUT2D eigenvalue weighted by atomic mass is 32.2. The summed E-state index contributed by atoms with van der Waals surface area (Å²) in [6.45, 7) is 4.37. The second-order valence-corrected chi connectivity index (χ2v) is 10.2. The van der Waals surface area contributed by atoms with Crippen LogP contribution in [0.1, 0.15) is 48.4 Å². The minimum absolute atomic E-state index is 0.00994. The summed E-state index contributed by atoms with van der Waals surface area (Å²) in [5.74, 6) is 1.38. The zero-order chi connectivity index (χ0) is 19.0. The SMILES string of the molecule is CCc1ccc2c(c1)-c1c(C)cc(OC3CCS(=O)(=O)CC3)cc1CCC2. The highest BCUT2D eigenvalue weighted by molar-refractivity contribution is 7.91. The molecule has 0 unspecified atom stereocenters. The maximum Gasteiger partial charge on any atom is 0.150 e. The quantitative estimate of drug-likeness (QED) is 0.772. The number of hydrogen-bond donors (Lipinski definition) is 0. The van der Waals surface area contributed by atoms with Gasteiger partial charge in [0.05, 0.1) is 11.5 Å². The predicted octanol–water partition coefficient (Wildman–Crippen LogP) is 4.67. The summed E-state index contributed by atoms with van der Waals surface area (Å²) < 4.78 is 29.5. The van der Waals surface area contributed by atoms with Gasteiger partial charge in [-0.05, 0) is 91.0 Å². The molecule has 27 heavy (non-hydrogen) atoms. The molecule has 1 saturated heterocycles. The van der Waals surface area contributed by atoms with Gasteiger partial charge in [-0.2, -0.15) is 0 Å². The zero-order valence-electron chi connectivity index (χ0n) is 16.3. The Bertz CT molecular complexity index is 946. The third kappa shape index (κ3) is 3.91. The van der Waals surface area contributed by atoms with Crippen molar-refractivity contribution in [1.29, 1.82) is 0 Å². The molecule has 2 aliphatic rings. The zero-order valence-corrected chi connectivity index (χ0v) is 17.1. The maximum absolute atomic E-state index is 11.6. The van der Waals surface area contributed by atoms with Crippen molar-refractivity contribution in [3.05, 3.63) is 52.6 Å². The standard InChI is InChI=1S/C23H28O3S/c1-3-17-7-8-18-5-4-6-19-15-21(13-16(2)23(19)22(18)14-17)26-20-9-11-27(24,25)12-10-20/h7-8,13-15,20H,3-6,9-12H2,1-2H3. The topological polar surface area (TPSA) is 43.4 Å². The molecular weight excluding hydrogens is 356 g/mol. The molecule has 0 aromatic heterocycles. The Labute approximate surface area is 162 Å². The molecule has 0 atom stereocenters. The summed E-state index contributed by atoms with van der Waals surface area (Å²) in [6.07, 6.45) is 5.58.